The molecule has 0 spiro atoms. The zero-order valence-corrected chi connectivity index (χ0v) is 15.2. The maximum atomic E-state index is 6.30. The van der Waals surface area contributed by atoms with Gasteiger partial charge in [0.15, 0.2) is 5.76 Å². The molecule has 7 heteroatoms. The van der Waals surface area contributed by atoms with Crippen molar-refractivity contribution in [1.29, 1.82) is 0 Å². The lowest BCUT2D eigenvalue weighted by Crippen LogP contribution is -2.32. The quantitative estimate of drug-likeness (QED) is 0.440. The van der Waals surface area contributed by atoms with E-state index < -0.39 is 0 Å². The molecule has 1 aliphatic rings. The molecule has 5 heterocycles. The van der Waals surface area contributed by atoms with Crippen molar-refractivity contribution in [3.63, 3.8) is 0 Å². The highest BCUT2D eigenvalue weighted by atomic mass is 35.5. The molecule has 5 nitrogen and oxygen atoms in total. The van der Waals surface area contributed by atoms with Gasteiger partial charge in [-0.15, -0.1) is 11.3 Å². The van der Waals surface area contributed by atoms with Crippen molar-refractivity contribution in [3.05, 3.63) is 41.0 Å². The fourth-order valence-electron chi connectivity index (χ4n) is 3.40. The Morgan fingerprint density at radius 3 is 2.92 bits per heavy atom. The normalized spacial score (nSPS) is 16.4. The third kappa shape index (κ3) is 2.28. The molecule has 0 fully saturated rings. The lowest BCUT2D eigenvalue weighted by molar-refractivity contribution is -0.0395. The maximum Gasteiger partial charge on any atom is 0.152 e. The van der Waals surface area contributed by atoms with Gasteiger partial charge in [0.25, 0.3) is 0 Å². The number of furan rings is 1. The van der Waals surface area contributed by atoms with E-state index in [1.807, 2.05) is 12.1 Å². The molecule has 4 aromatic rings. The second kappa shape index (κ2) is 5.24. The van der Waals surface area contributed by atoms with Gasteiger partial charge in [0.2, 0.25) is 0 Å². The second-order valence-corrected chi connectivity index (χ2v) is 8.10. The molecule has 0 bridgehead atoms. The van der Waals surface area contributed by atoms with Crippen LogP contribution >= 0.6 is 22.9 Å². The summed E-state index contributed by atoms with van der Waals surface area (Å²) in [6.07, 6.45) is 3.95. The molecule has 0 aliphatic carbocycles. The van der Waals surface area contributed by atoms with Crippen LogP contribution in [0.1, 0.15) is 25.0 Å². The van der Waals surface area contributed by atoms with Crippen molar-refractivity contribution < 1.29 is 9.15 Å². The molecule has 0 N–H and O–H groups in total. The standard InChI is InChI=1S/C18H14ClN3O2S/c1-18(2)6-9-10(7-24-18)13(11-4-3-5-23-11)22-17-12(9)14-15(25-17)16(19)21-8-20-14/h3-5,8H,6-7H2,1-2H3. The number of thiophene rings is 1. The summed E-state index contributed by atoms with van der Waals surface area (Å²) in [5.74, 6) is 0.746. The highest BCUT2D eigenvalue weighted by Gasteiger charge is 2.32. The number of pyridine rings is 1. The Balaban J connectivity index is 1.93. The van der Waals surface area contributed by atoms with Crippen LogP contribution in [0.5, 0.6) is 0 Å². The highest BCUT2D eigenvalue weighted by Crippen LogP contribution is 2.43. The minimum Gasteiger partial charge on any atom is -0.463 e. The molecule has 0 atom stereocenters. The molecule has 0 radical (unpaired) electrons. The van der Waals surface area contributed by atoms with Crippen LogP contribution in [-0.4, -0.2) is 20.6 Å². The zero-order valence-electron chi connectivity index (χ0n) is 13.7. The second-order valence-electron chi connectivity index (χ2n) is 6.74. The van der Waals surface area contributed by atoms with E-state index >= 15 is 0 Å². The summed E-state index contributed by atoms with van der Waals surface area (Å²) in [4.78, 5) is 14.4. The van der Waals surface area contributed by atoms with Gasteiger partial charge >= 0.3 is 0 Å². The third-order valence-electron chi connectivity index (χ3n) is 4.54. The van der Waals surface area contributed by atoms with Crippen molar-refractivity contribution in [2.45, 2.75) is 32.5 Å². The van der Waals surface area contributed by atoms with Crippen LogP contribution < -0.4 is 0 Å². The Hall–Kier alpha value is -2.02. The average molecular weight is 372 g/mol. The summed E-state index contributed by atoms with van der Waals surface area (Å²) in [7, 11) is 0. The van der Waals surface area contributed by atoms with Gasteiger partial charge < -0.3 is 9.15 Å². The highest BCUT2D eigenvalue weighted by molar-refractivity contribution is 7.26. The number of nitrogens with zero attached hydrogens (tertiary/aromatic N) is 3. The number of hydrogen-bond donors (Lipinski definition) is 0. The summed E-state index contributed by atoms with van der Waals surface area (Å²) < 4.78 is 12.5. The molecular weight excluding hydrogens is 358 g/mol. The third-order valence-corrected chi connectivity index (χ3v) is 6.02. The van der Waals surface area contributed by atoms with E-state index in [1.165, 1.54) is 23.2 Å². The van der Waals surface area contributed by atoms with Crippen molar-refractivity contribution in [3.8, 4) is 11.5 Å². The van der Waals surface area contributed by atoms with Gasteiger partial charge in [-0.1, -0.05) is 11.6 Å². The Kier molecular flexibility index (Phi) is 3.20. The van der Waals surface area contributed by atoms with Crippen molar-refractivity contribution in [2.75, 3.05) is 0 Å². The number of ether oxygens (including phenoxy) is 1. The SMILES string of the molecule is CC1(C)Cc2c(c(-c3ccco3)nc3sc4c(Cl)ncnc4c23)CO1. The van der Waals surface area contributed by atoms with Gasteiger partial charge in [-0.25, -0.2) is 15.0 Å². The molecule has 126 valence electrons. The summed E-state index contributed by atoms with van der Waals surface area (Å²) in [5.41, 5.74) is 3.74. The van der Waals surface area contributed by atoms with E-state index in [2.05, 4.69) is 23.8 Å². The van der Waals surface area contributed by atoms with Crippen LogP contribution in [0, 0.1) is 0 Å². The van der Waals surface area contributed by atoms with Crippen LogP contribution in [0.15, 0.2) is 29.1 Å². The number of aromatic nitrogens is 3. The Bertz CT molecular complexity index is 1120. The first-order valence-corrected chi connectivity index (χ1v) is 9.15. The molecule has 0 saturated carbocycles. The maximum absolute atomic E-state index is 6.30. The number of rotatable bonds is 1. The molecule has 0 aromatic carbocycles. The lowest BCUT2D eigenvalue weighted by Gasteiger charge is -2.32. The first-order valence-electron chi connectivity index (χ1n) is 7.96. The zero-order chi connectivity index (χ0) is 17.2. The molecule has 1 aliphatic heterocycles. The topological polar surface area (TPSA) is 61.0 Å². The Morgan fingerprint density at radius 2 is 2.12 bits per heavy atom. The van der Waals surface area contributed by atoms with Gasteiger partial charge in [0.1, 0.15) is 22.0 Å². The first kappa shape index (κ1) is 15.3. The van der Waals surface area contributed by atoms with E-state index in [1.54, 1.807) is 6.26 Å². The largest absolute Gasteiger partial charge is 0.463 e. The van der Waals surface area contributed by atoms with Gasteiger partial charge in [0, 0.05) is 17.4 Å². The average Bonchev–Trinajstić information content (AvgIpc) is 3.21. The molecule has 0 unspecified atom stereocenters. The molecule has 0 saturated heterocycles. The van der Waals surface area contributed by atoms with Gasteiger partial charge in [-0.2, -0.15) is 0 Å². The minimum absolute atomic E-state index is 0.243. The monoisotopic (exact) mass is 371 g/mol. The number of fused-ring (bicyclic) bond motifs is 5. The fourth-order valence-corrected chi connectivity index (χ4v) is 4.68. The van der Waals surface area contributed by atoms with Gasteiger partial charge in [-0.05, 0) is 31.5 Å². The number of hydrogen-bond acceptors (Lipinski definition) is 6. The molecule has 25 heavy (non-hydrogen) atoms. The molecular formula is C18H14ClN3O2S. The molecule has 4 aromatic heterocycles. The van der Waals surface area contributed by atoms with Crippen molar-refractivity contribution >= 4 is 43.4 Å². The molecule has 5 rings (SSSR count). The molecule has 0 amide bonds. The van der Waals surface area contributed by atoms with Crippen molar-refractivity contribution in [1.82, 2.24) is 15.0 Å². The predicted octanol–water partition coefficient (Wildman–Crippen LogP) is 5.00. The summed E-state index contributed by atoms with van der Waals surface area (Å²) in [6, 6.07) is 3.79. The van der Waals surface area contributed by atoms with Crippen LogP contribution in [-0.2, 0) is 17.8 Å². The van der Waals surface area contributed by atoms with E-state index in [-0.39, 0.29) is 5.60 Å². The number of halogens is 1. The fraction of sp³-hybridized carbons (Fsp3) is 0.278. The Morgan fingerprint density at radius 1 is 1.24 bits per heavy atom. The Labute approximate surface area is 152 Å². The van der Waals surface area contributed by atoms with E-state index in [0.717, 1.165) is 43.9 Å². The summed E-state index contributed by atoms with van der Waals surface area (Å²) in [5, 5.41) is 1.53. The minimum atomic E-state index is -0.243. The first-order chi connectivity index (χ1) is 12.0. The van der Waals surface area contributed by atoms with E-state index in [0.29, 0.717) is 11.8 Å². The van der Waals surface area contributed by atoms with Crippen molar-refractivity contribution in [2.24, 2.45) is 0 Å². The van der Waals surface area contributed by atoms with Crippen LogP contribution in [0.25, 0.3) is 31.9 Å². The summed E-state index contributed by atoms with van der Waals surface area (Å²) >= 11 is 7.82. The van der Waals surface area contributed by atoms with Gasteiger partial charge in [-0.3, -0.25) is 0 Å². The van der Waals surface area contributed by atoms with E-state index in [4.69, 9.17) is 25.7 Å². The smallest absolute Gasteiger partial charge is 0.152 e. The van der Waals surface area contributed by atoms with Crippen LogP contribution in [0.3, 0.4) is 0 Å². The lowest BCUT2D eigenvalue weighted by atomic mass is 9.89. The van der Waals surface area contributed by atoms with E-state index in [9.17, 15) is 0 Å². The summed E-state index contributed by atoms with van der Waals surface area (Å²) in [6.45, 7) is 4.70. The van der Waals surface area contributed by atoms with Crippen LogP contribution in [0.4, 0.5) is 0 Å². The predicted molar refractivity (Wildman–Crippen MR) is 98.0 cm³/mol. The van der Waals surface area contributed by atoms with Crippen LogP contribution in [0.2, 0.25) is 5.15 Å². The van der Waals surface area contributed by atoms with Gasteiger partial charge in [0.05, 0.1) is 28.7 Å².